The lowest BCUT2D eigenvalue weighted by Crippen LogP contribution is -2.31. The summed E-state index contributed by atoms with van der Waals surface area (Å²) in [6.45, 7) is 2.48. The number of ether oxygens (including phenoxy) is 1. The van der Waals surface area contributed by atoms with Crippen molar-refractivity contribution in [2.75, 3.05) is 18.1 Å². The summed E-state index contributed by atoms with van der Waals surface area (Å²) >= 11 is 0. The zero-order valence-electron chi connectivity index (χ0n) is 15.7. The molecule has 144 valence electrons. The summed E-state index contributed by atoms with van der Waals surface area (Å²) in [5, 5.41) is 3.88. The molecule has 1 aliphatic rings. The molecule has 1 fully saturated rings. The summed E-state index contributed by atoms with van der Waals surface area (Å²) in [6.07, 6.45) is 1.44. The highest BCUT2D eigenvalue weighted by Crippen LogP contribution is 2.26. The molecule has 1 aromatic heterocycles. The third-order valence-electron chi connectivity index (χ3n) is 4.82. The Labute approximate surface area is 163 Å². The zero-order valence-corrected chi connectivity index (χ0v) is 15.7. The molecule has 1 N–H and O–H groups in total. The topological polar surface area (TPSA) is 71.8 Å². The lowest BCUT2D eigenvalue weighted by molar-refractivity contribution is -0.124. The predicted molar refractivity (Wildman–Crippen MR) is 106 cm³/mol. The minimum absolute atomic E-state index is 0.109. The Morgan fingerprint density at radius 1 is 1.21 bits per heavy atom. The van der Waals surface area contributed by atoms with Crippen LogP contribution in [0.3, 0.4) is 0 Å². The first-order valence-electron chi connectivity index (χ1n) is 9.41. The van der Waals surface area contributed by atoms with Crippen LogP contribution in [0.2, 0.25) is 0 Å². The second-order valence-corrected chi connectivity index (χ2v) is 6.91. The number of hydrogen-bond donors (Lipinski definition) is 1. The van der Waals surface area contributed by atoms with Crippen molar-refractivity contribution in [3.8, 4) is 5.75 Å². The number of carbonyl (C=O) groups is 2. The Morgan fingerprint density at radius 3 is 2.86 bits per heavy atom. The van der Waals surface area contributed by atoms with E-state index in [1.807, 2.05) is 49.4 Å². The fraction of sp³-hybridized carbons (Fsp3) is 0.273. The van der Waals surface area contributed by atoms with Crippen molar-refractivity contribution < 1.29 is 18.7 Å². The lowest BCUT2D eigenvalue weighted by atomic mass is 10.2. The predicted octanol–water partition coefficient (Wildman–Crippen LogP) is 3.82. The van der Waals surface area contributed by atoms with Crippen LogP contribution in [0.4, 0.5) is 5.69 Å². The molecule has 1 atom stereocenters. The quantitative estimate of drug-likeness (QED) is 0.708. The largest absolute Gasteiger partial charge is 0.484 e. The normalized spacial score (nSPS) is 15.0. The average Bonchev–Trinajstić information content (AvgIpc) is 3.32. The van der Waals surface area contributed by atoms with Crippen molar-refractivity contribution in [2.45, 2.75) is 25.8 Å². The first-order chi connectivity index (χ1) is 13.6. The Kier molecular flexibility index (Phi) is 5.02. The van der Waals surface area contributed by atoms with Gasteiger partial charge in [0.05, 0.1) is 6.04 Å². The zero-order chi connectivity index (χ0) is 19.5. The summed E-state index contributed by atoms with van der Waals surface area (Å²) in [7, 11) is 0. The molecule has 2 amide bonds. The molecule has 6 nitrogen and oxygen atoms in total. The standard InChI is InChI=1S/C22H22N2O4/c1-15(20-12-16-6-2-3-9-19(16)28-20)23-21(25)14-27-18-8-4-7-17(13-18)24-11-5-10-22(24)26/h2-4,6-9,12-13,15H,5,10-11,14H2,1H3,(H,23,25)/t15-/m0/s1. The molecule has 1 aliphatic heterocycles. The Morgan fingerprint density at radius 2 is 2.07 bits per heavy atom. The molecule has 2 aromatic carbocycles. The maximum atomic E-state index is 12.3. The van der Waals surface area contributed by atoms with E-state index in [-0.39, 0.29) is 24.5 Å². The van der Waals surface area contributed by atoms with E-state index in [0.717, 1.165) is 29.6 Å². The third-order valence-corrected chi connectivity index (χ3v) is 4.82. The third kappa shape index (κ3) is 3.86. The molecule has 6 heteroatoms. The van der Waals surface area contributed by atoms with Crippen molar-refractivity contribution in [1.29, 1.82) is 0 Å². The van der Waals surface area contributed by atoms with Gasteiger partial charge >= 0.3 is 0 Å². The van der Waals surface area contributed by atoms with Crippen molar-refractivity contribution in [3.05, 3.63) is 60.4 Å². The number of rotatable bonds is 6. The van der Waals surface area contributed by atoms with Crippen LogP contribution in [0.25, 0.3) is 11.0 Å². The van der Waals surface area contributed by atoms with Crippen LogP contribution in [0.1, 0.15) is 31.6 Å². The second kappa shape index (κ2) is 7.76. The van der Waals surface area contributed by atoms with Crippen LogP contribution in [-0.4, -0.2) is 25.0 Å². The van der Waals surface area contributed by atoms with E-state index in [9.17, 15) is 9.59 Å². The Bertz CT molecular complexity index is 977. The van der Waals surface area contributed by atoms with Gasteiger partial charge in [-0.2, -0.15) is 0 Å². The van der Waals surface area contributed by atoms with Crippen molar-refractivity contribution in [1.82, 2.24) is 5.32 Å². The van der Waals surface area contributed by atoms with Crippen LogP contribution < -0.4 is 15.0 Å². The molecule has 0 unspecified atom stereocenters. The maximum absolute atomic E-state index is 12.3. The highest BCUT2D eigenvalue weighted by Gasteiger charge is 2.22. The Balaban J connectivity index is 1.34. The Hall–Kier alpha value is -3.28. The number of nitrogens with one attached hydrogen (secondary N) is 1. The molecule has 0 saturated carbocycles. The smallest absolute Gasteiger partial charge is 0.258 e. The molecule has 3 aromatic rings. The van der Waals surface area contributed by atoms with E-state index in [2.05, 4.69) is 5.32 Å². The van der Waals surface area contributed by atoms with Gasteiger partial charge in [-0.1, -0.05) is 24.3 Å². The highest BCUT2D eigenvalue weighted by molar-refractivity contribution is 5.95. The van der Waals surface area contributed by atoms with Crippen molar-refractivity contribution >= 4 is 28.5 Å². The van der Waals surface area contributed by atoms with Crippen LogP contribution in [0.5, 0.6) is 5.75 Å². The fourth-order valence-corrected chi connectivity index (χ4v) is 3.38. The number of anilines is 1. The van der Waals surface area contributed by atoms with Gasteiger partial charge in [-0.3, -0.25) is 9.59 Å². The number of hydrogen-bond acceptors (Lipinski definition) is 4. The van der Waals surface area contributed by atoms with Crippen molar-refractivity contribution in [3.63, 3.8) is 0 Å². The molecule has 4 rings (SSSR count). The van der Waals surface area contributed by atoms with E-state index in [4.69, 9.17) is 9.15 Å². The molecule has 2 heterocycles. The molecular formula is C22H22N2O4. The number of furan rings is 1. The maximum Gasteiger partial charge on any atom is 0.258 e. The number of amides is 2. The molecule has 0 aliphatic carbocycles. The summed E-state index contributed by atoms with van der Waals surface area (Å²) in [4.78, 5) is 25.9. The molecule has 0 radical (unpaired) electrons. The summed E-state index contributed by atoms with van der Waals surface area (Å²) in [6, 6.07) is 16.7. The summed E-state index contributed by atoms with van der Waals surface area (Å²) in [5.41, 5.74) is 1.60. The SMILES string of the molecule is C[C@H](NC(=O)COc1cccc(N2CCCC2=O)c1)c1cc2ccccc2o1. The van der Waals surface area contributed by atoms with Crippen LogP contribution in [-0.2, 0) is 9.59 Å². The average molecular weight is 378 g/mol. The summed E-state index contributed by atoms with van der Waals surface area (Å²) < 4.78 is 11.4. The van der Waals surface area contributed by atoms with Gasteiger partial charge in [0, 0.05) is 30.1 Å². The monoisotopic (exact) mass is 378 g/mol. The number of benzene rings is 2. The fourth-order valence-electron chi connectivity index (χ4n) is 3.38. The molecular weight excluding hydrogens is 356 g/mol. The van der Waals surface area contributed by atoms with Gasteiger partial charge in [-0.25, -0.2) is 0 Å². The number of fused-ring (bicyclic) bond motifs is 1. The summed E-state index contributed by atoms with van der Waals surface area (Å²) in [5.74, 6) is 1.14. The molecule has 28 heavy (non-hydrogen) atoms. The minimum Gasteiger partial charge on any atom is -0.484 e. The molecule has 0 spiro atoms. The number of carbonyl (C=O) groups excluding carboxylic acids is 2. The van der Waals surface area contributed by atoms with E-state index in [1.165, 1.54) is 0 Å². The van der Waals surface area contributed by atoms with Crippen molar-refractivity contribution in [2.24, 2.45) is 0 Å². The first kappa shape index (κ1) is 18.1. The van der Waals surface area contributed by atoms with Gasteiger partial charge in [-0.15, -0.1) is 0 Å². The van der Waals surface area contributed by atoms with Gasteiger partial charge in [0.1, 0.15) is 17.1 Å². The van der Waals surface area contributed by atoms with Gasteiger partial charge in [0.25, 0.3) is 5.91 Å². The van der Waals surface area contributed by atoms with Gasteiger partial charge < -0.3 is 19.4 Å². The van der Waals surface area contributed by atoms with Gasteiger partial charge in [0.2, 0.25) is 5.91 Å². The molecule has 0 bridgehead atoms. The highest BCUT2D eigenvalue weighted by atomic mass is 16.5. The van der Waals surface area contributed by atoms with Gasteiger partial charge in [-0.05, 0) is 37.6 Å². The lowest BCUT2D eigenvalue weighted by Gasteiger charge is -2.17. The van der Waals surface area contributed by atoms with Gasteiger partial charge in [0.15, 0.2) is 6.61 Å². The van der Waals surface area contributed by atoms with Crippen LogP contribution in [0, 0.1) is 0 Å². The second-order valence-electron chi connectivity index (χ2n) is 6.91. The van der Waals surface area contributed by atoms with Crippen LogP contribution >= 0.6 is 0 Å². The number of nitrogens with zero attached hydrogens (tertiary/aromatic N) is 1. The molecule has 1 saturated heterocycles. The van der Waals surface area contributed by atoms with E-state index in [1.54, 1.807) is 17.0 Å². The first-order valence-corrected chi connectivity index (χ1v) is 9.41. The van der Waals surface area contributed by atoms with Crippen LogP contribution in [0.15, 0.2) is 59.0 Å². The van der Waals surface area contributed by atoms with E-state index < -0.39 is 0 Å². The van der Waals surface area contributed by atoms with E-state index in [0.29, 0.717) is 17.9 Å². The minimum atomic E-state index is -0.267. The number of para-hydroxylation sites is 1. The van der Waals surface area contributed by atoms with E-state index >= 15 is 0 Å².